The first kappa shape index (κ1) is 16.7. The lowest BCUT2D eigenvalue weighted by Crippen LogP contribution is -2.42. The number of rotatable bonds is 6. The minimum absolute atomic E-state index is 0.0419. The van der Waals surface area contributed by atoms with Crippen LogP contribution in [0.25, 0.3) is 0 Å². The number of nitrogens with zero attached hydrogens (tertiary/aromatic N) is 2. The Balaban J connectivity index is 1.93. The number of hydrogen-bond acceptors (Lipinski definition) is 3. The van der Waals surface area contributed by atoms with E-state index in [0.717, 1.165) is 32.4 Å². The molecule has 1 aliphatic heterocycles. The van der Waals surface area contributed by atoms with Crippen molar-refractivity contribution < 1.29 is 9.53 Å². The Morgan fingerprint density at radius 3 is 2.95 bits per heavy atom. The molecule has 0 aromatic carbocycles. The van der Waals surface area contributed by atoms with Gasteiger partial charge in [-0.25, -0.2) is 4.79 Å². The van der Waals surface area contributed by atoms with Gasteiger partial charge in [-0.2, -0.15) is 0 Å². The van der Waals surface area contributed by atoms with Crippen LogP contribution >= 0.6 is 0 Å². The molecule has 1 aromatic heterocycles. The zero-order chi connectivity index (χ0) is 15.6. The lowest BCUT2D eigenvalue weighted by Gasteiger charge is -2.30. The fourth-order valence-corrected chi connectivity index (χ4v) is 2.90. The molecule has 0 saturated carbocycles. The highest BCUT2D eigenvalue weighted by atomic mass is 16.5. The Labute approximate surface area is 133 Å². The monoisotopic (exact) mass is 305 g/mol. The lowest BCUT2D eigenvalue weighted by atomic mass is 10.0. The van der Waals surface area contributed by atoms with Crippen LogP contribution in [0.3, 0.4) is 0 Å². The molecule has 1 aromatic rings. The van der Waals surface area contributed by atoms with Crippen LogP contribution in [-0.4, -0.2) is 42.2 Å². The zero-order valence-electron chi connectivity index (χ0n) is 13.5. The summed E-state index contributed by atoms with van der Waals surface area (Å²) in [6, 6.07) is 4.24. The van der Waals surface area contributed by atoms with E-state index in [1.807, 2.05) is 24.0 Å². The van der Waals surface area contributed by atoms with Crippen LogP contribution in [-0.2, 0) is 4.74 Å². The highest BCUT2D eigenvalue weighted by Crippen LogP contribution is 2.29. The average Bonchev–Trinajstić information content (AvgIpc) is 2.81. The highest BCUT2D eigenvalue weighted by Gasteiger charge is 2.26. The van der Waals surface area contributed by atoms with Crippen molar-refractivity contribution in [1.29, 1.82) is 0 Å². The van der Waals surface area contributed by atoms with Crippen molar-refractivity contribution in [2.75, 3.05) is 26.3 Å². The van der Waals surface area contributed by atoms with Crippen molar-refractivity contribution in [3.63, 3.8) is 0 Å². The van der Waals surface area contributed by atoms with Crippen LogP contribution in [0.4, 0.5) is 4.79 Å². The summed E-state index contributed by atoms with van der Waals surface area (Å²) in [7, 11) is 0. The second-order valence-corrected chi connectivity index (χ2v) is 5.62. The molecule has 1 N–H and O–H groups in total. The van der Waals surface area contributed by atoms with Gasteiger partial charge in [-0.3, -0.25) is 4.98 Å². The van der Waals surface area contributed by atoms with Gasteiger partial charge in [0.1, 0.15) is 0 Å². The quantitative estimate of drug-likeness (QED) is 0.822. The maximum absolute atomic E-state index is 12.5. The van der Waals surface area contributed by atoms with Crippen LogP contribution < -0.4 is 5.32 Å². The summed E-state index contributed by atoms with van der Waals surface area (Å²) in [6.45, 7) is 4.90. The maximum Gasteiger partial charge on any atom is 0.317 e. The number of aromatic nitrogens is 1. The molecule has 1 aliphatic rings. The van der Waals surface area contributed by atoms with Gasteiger partial charge >= 0.3 is 6.03 Å². The lowest BCUT2D eigenvalue weighted by molar-refractivity contribution is 0.142. The molecule has 0 radical (unpaired) electrons. The van der Waals surface area contributed by atoms with Crippen LogP contribution in [0.1, 0.15) is 50.6 Å². The summed E-state index contributed by atoms with van der Waals surface area (Å²) >= 11 is 0. The molecule has 2 heterocycles. The van der Waals surface area contributed by atoms with Gasteiger partial charge in [-0.1, -0.05) is 12.8 Å². The van der Waals surface area contributed by atoms with Gasteiger partial charge in [0.15, 0.2) is 0 Å². The molecular formula is C17H27N3O2. The SMILES string of the molecule is CCOCCCNC(=O)N1CCCCCC1c1ccncc1. The molecule has 5 heteroatoms. The van der Waals surface area contributed by atoms with Crippen molar-refractivity contribution in [2.45, 2.75) is 45.1 Å². The normalized spacial score (nSPS) is 18.8. The molecule has 0 bridgehead atoms. The molecule has 1 unspecified atom stereocenters. The molecule has 0 spiro atoms. The van der Waals surface area contributed by atoms with Crippen molar-refractivity contribution in [2.24, 2.45) is 0 Å². The van der Waals surface area contributed by atoms with Crippen molar-refractivity contribution in [3.8, 4) is 0 Å². The fraction of sp³-hybridized carbons (Fsp3) is 0.647. The van der Waals surface area contributed by atoms with E-state index in [1.165, 1.54) is 18.4 Å². The van der Waals surface area contributed by atoms with E-state index in [-0.39, 0.29) is 12.1 Å². The van der Waals surface area contributed by atoms with E-state index >= 15 is 0 Å². The molecule has 5 nitrogen and oxygen atoms in total. The first-order valence-corrected chi connectivity index (χ1v) is 8.35. The molecular weight excluding hydrogens is 278 g/mol. The topological polar surface area (TPSA) is 54.5 Å². The summed E-state index contributed by atoms with van der Waals surface area (Å²) < 4.78 is 5.30. The number of amides is 2. The van der Waals surface area contributed by atoms with E-state index in [0.29, 0.717) is 13.2 Å². The Bertz CT molecular complexity index is 439. The molecule has 2 rings (SSSR count). The largest absolute Gasteiger partial charge is 0.382 e. The number of likely N-dealkylation sites (tertiary alicyclic amines) is 1. The van der Waals surface area contributed by atoms with E-state index < -0.39 is 0 Å². The van der Waals surface area contributed by atoms with Gasteiger partial charge in [0.05, 0.1) is 6.04 Å². The number of urea groups is 1. The predicted molar refractivity (Wildman–Crippen MR) is 86.7 cm³/mol. The van der Waals surface area contributed by atoms with Gasteiger partial charge in [-0.15, -0.1) is 0 Å². The van der Waals surface area contributed by atoms with E-state index in [9.17, 15) is 4.79 Å². The van der Waals surface area contributed by atoms with Crippen molar-refractivity contribution in [3.05, 3.63) is 30.1 Å². The zero-order valence-corrected chi connectivity index (χ0v) is 13.5. The van der Waals surface area contributed by atoms with Gasteiger partial charge in [0.25, 0.3) is 0 Å². The molecule has 0 aliphatic carbocycles. The summed E-state index contributed by atoms with van der Waals surface area (Å²) in [5, 5.41) is 3.03. The fourth-order valence-electron chi connectivity index (χ4n) is 2.90. The van der Waals surface area contributed by atoms with Crippen LogP contribution in [0.15, 0.2) is 24.5 Å². The molecule has 2 amide bonds. The number of carbonyl (C=O) groups excluding carboxylic acids is 1. The molecule has 1 atom stereocenters. The van der Waals surface area contributed by atoms with Gasteiger partial charge in [-0.05, 0) is 43.9 Å². The third-order valence-electron chi connectivity index (χ3n) is 4.05. The second-order valence-electron chi connectivity index (χ2n) is 5.62. The second kappa shape index (κ2) is 9.41. The minimum atomic E-state index is 0.0419. The van der Waals surface area contributed by atoms with Crippen molar-refractivity contribution in [1.82, 2.24) is 15.2 Å². The van der Waals surface area contributed by atoms with Crippen molar-refractivity contribution >= 4 is 6.03 Å². The molecule has 22 heavy (non-hydrogen) atoms. The smallest absolute Gasteiger partial charge is 0.317 e. The van der Waals surface area contributed by atoms with Crippen LogP contribution in [0, 0.1) is 0 Å². The van der Waals surface area contributed by atoms with Gasteiger partial charge in [0.2, 0.25) is 0 Å². The standard InChI is InChI=1S/C17H27N3O2/c1-2-22-14-6-10-19-17(21)20-13-5-3-4-7-16(20)15-8-11-18-12-9-15/h8-9,11-12,16H,2-7,10,13-14H2,1H3,(H,19,21). The first-order chi connectivity index (χ1) is 10.8. The Hall–Kier alpha value is -1.62. The summed E-state index contributed by atoms with van der Waals surface area (Å²) in [5.41, 5.74) is 1.18. The number of hydrogen-bond donors (Lipinski definition) is 1. The Morgan fingerprint density at radius 1 is 1.36 bits per heavy atom. The van der Waals surface area contributed by atoms with Crippen LogP contribution in [0.2, 0.25) is 0 Å². The summed E-state index contributed by atoms with van der Waals surface area (Å²) in [5.74, 6) is 0. The molecule has 1 fully saturated rings. The summed E-state index contributed by atoms with van der Waals surface area (Å²) in [4.78, 5) is 18.6. The van der Waals surface area contributed by atoms with Crippen LogP contribution in [0.5, 0.6) is 0 Å². The highest BCUT2D eigenvalue weighted by molar-refractivity contribution is 5.74. The minimum Gasteiger partial charge on any atom is -0.382 e. The van der Waals surface area contributed by atoms with E-state index in [4.69, 9.17) is 4.74 Å². The van der Waals surface area contributed by atoms with Gasteiger partial charge < -0.3 is 15.0 Å². The Morgan fingerprint density at radius 2 is 2.18 bits per heavy atom. The average molecular weight is 305 g/mol. The summed E-state index contributed by atoms with van der Waals surface area (Å²) in [6.07, 6.45) is 8.92. The predicted octanol–water partition coefficient (Wildman–Crippen LogP) is 3.13. The third kappa shape index (κ3) is 4.98. The third-order valence-corrected chi connectivity index (χ3v) is 4.05. The molecule has 1 saturated heterocycles. The number of nitrogens with one attached hydrogen (secondary N) is 1. The van der Waals surface area contributed by atoms with E-state index in [1.54, 1.807) is 12.4 Å². The van der Waals surface area contributed by atoms with E-state index in [2.05, 4.69) is 10.3 Å². The number of pyridine rings is 1. The first-order valence-electron chi connectivity index (χ1n) is 8.35. The maximum atomic E-state index is 12.5. The number of carbonyl (C=O) groups is 1. The Kier molecular flexibility index (Phi) is 7.16. The number of ether oxygens (including phenoxy) is 1. The molecule has 122 valence electrons. The van der Waals surface area contributed by atoms with Gasteiger partial charge in [0, 0.05) is 38.7 Å².